The van der Waals surface area contributed by atoms with Crippen LogP contribution in [-0.4, -0.2) is 11.5 Å². The molecule has 0 unspecified atom stereocenters. The van der Waals surface area contributed by atoms with E-state index in [0.717, 1.165) is 11.5 Å². The highest BCUT2D eigenvalue weighted by molar-refractivity contribution is 7.99. The van der Waals surface area contributed by atoms with Crippen LogP contribution in [0.4, 0.5) is 0 Å². The maximum atomic E-state index is 3.70. The van der Waals surface area contributed by atoms with Crippen LogP contribution in [0.15, 0.2) is 59.4 Å². The second-order valence-corrected chi connectivity index (χ2v) is 4.86. The molecule has 14 heavy (non-hydrogen) atoms. The molecular formula is C12H14S2. The third-order valence-electron chi connectivity index (χ3n) is 1.56. The van der Waals surface area contributed by atoms with Crippen LogP contribution in [0.5, 0.6) is 0 Å². The zero-order valence-corrected chi connectivity index (χ0v) is 9.74. The Balaban J connectivity index is 2.49. The average Bonchev–Trinajstić information content (AvgIpc) is 2.25. The van der Waals surface area contributed by atoms with Crippen molar-refractivity contribution >= 4 is 23.5 Å². The fourth-order valence-electron chi connectivity index (χ4n) is 0.942. The quantitative estimate of drug-likeness (QED) is 0.521. The Kier molecular flexibility index (Phi) is 5.57. The van der Waals surface area contributed by atoms with Crippen molar-refractivity contribution in [1.29, 1.82) is 0 Å². The van der Waals surface area contributed by atoms with E-state index in [4.69, 9.17) is 0 Å². The first kappa shape index (κ1) is 11.5. The Morgan fingerprint density at radius 1 is 0.857 bits per heavy atom. The molecule has 0 spiro atoms. The van der Waals surface area contributed by atoms with E-state index in [1.54, 1.807) is 23.5 Å². The normalized spacial score (nSPS) is 9.71. The highest BCUT2D eigenvalue weighted by atomic mass is 32.2. The van der Waals surface area contributed by atoms with E-state index in [-0.39, 0.29) is 0 Å². The summed E-state index contributed by atoms with van der Waals surface area (Å²) < 4.78 is 0. The number of thioether (sulfide) groups is 2. The summed E-state index contributed by atoms with van der Waals surface area (Å²) in [7, 11) is 0. The molecule has 0 amide bonds. The van der Waals surface area contributed by atoms with Gasteiger partial charge in [-0.05, 0) is 24.3 Å². The molecule has 1 aromatic carbocycles. The van der Waals surface area contributed by atoms with E-state index < -0.39 is 0 Å². The summed E-state index contributed by atoms with van der Waals surface area (Å²) in [5.74, 6) is 1.94. The molecule has 74 valence electrons. The van der Waals surface area contributed by atoms with Gasteiger partial charge in [0.2, 0.25) is 0 Å². The molecular weight excluding hydrogens is 208 g/mol. The highest BCUT2D eigenvalue weighted by Crippen LogP contribution is 2.23. The van der Waals surface area contributed by atoms with Gasteiger partial charge in [0, 0.05) is 21.3 Å². The van der Waals surface area contributed by atoms with Crippen LogP contribution >= 0.6 is 23.5 Å². The minimum atomic E-state index is 0.971. The Morgan fingerprint density at radius 2 is 1.21 bits per heavy atom. The van der Waals surface area contributed by atoms with Crippen molar-refractivity contribution in [3.8, 4) is 0 Å². The molecule has 0 N–H and O–H groups in total. The Hall–Kier alpha value is -0.600. The molecule has 0 aliphatic carbocycles. The van der Waals surface area contributed by atoms with Gasteiger partial charge in [-0.25, -0.2) is 0 Å². The number of hydrogen-bond acceptors (Lipinski definition) is 2. The summed E-state index contributed by atoms with van der Waals surface area (Å²) >= 11 is 3.61. The van der Waals surface area contributed by atoms with Crippen molar-refractivity contribution < 1.29 is 0 Å². The molecule has 0 saturated heterocycles. The van der Waals surface area contributed by atoms with Crippen molar-refractivity contribution in [1.82, 2.24) is 0 Å². The van der Waals surface area contributed by atoms with E-state index in [9.17, 15) is 0 Å². The molecule has 0 atom stereocenters. The summed E-state index contributed by atoms with van der Waals surface area (Å²) in [6, 6.07) is 8.61. The summed E-state index contributed by atoms with van der Waals surface area (Å²) in [6.07, 6.45) is 3.84. The minimum absolute atomic E-state index is 0.971. The van der Waals surface area contributed by atoms with Crippen molar-refractivity contribution in [3.63, 3.8) is 0 Å². The lowest BCUT2D eigenvalue weighted by molar-refractivity contribution is 1.35. The molecule has 0 fully saturated rings. The van der Waals surface area contributed by atoms with Crippen molar-refractivity contribution in [2.75, 3.05) is 11.5 Å². The van der Waals surface area contributed by atoms with Gasteiger partial charge >= 0.3 is 0 Å². The number of hydrogen-bond donors (Lipinski definition) is 0. The van der Waals surface area contributed by atoms with Crippen molar-refractivity contribution in [3.05, 3.63) is 49.6 Å². The van der Waals surface area contributed by atoms with E-state index in [1.165, 1.54) is 9.79 Å². The Labute approximate surface area is 94.5 Å². The van der Waals surface area contributed by atoms with Gasteiger partial charge in [-0.2, -0.15) is 0 Å². The predicted octanol–water partition coefficient (Wildman–Crippen LogP) is 4.24. The van der Waals surface area contributed by atoms with Crippen molar-refractivity contribution in [2.45, 2.75) is 9.79 Å². The summed E-state index contributed by atoms with van der Waals surface area (Å²) in [5.41, 5.74) is 0. The minimum Gasteiger partial charge on any atom is -0.122 e. The van der Waals surface area contributed by atoms with Crippen molar-refractivity contribution in [2.24, 2.45) is 0 Å². The SMILES string of the molecule is C=CCSc1ccc(SCC=C)cc1. The Morgan fingerprint density at radius 3 is 1.50 bits per heavy atom. The molecule has 0 aliphatic heterocycles. The fraction of sp³-hybridized carbons (Fsp3) is 0.167. The molecule has 0 nitrogen and oxygen atoms in total. The molecule has 1 aromatic rings. The number of rotatable bonds is 6. The third kappa shape index (κ3) is 4.07. The summed E-state index contributed by atoms with van der Waals surface area (Å²) in [4.78, 5) is 2.60. The highest BCUT2D eigenvalue weighted by Gasteiger charge is 1.93. The second kappa shape index (κ2) is 6.80. The monoisotopic (exact) mass is 222 g/mol. The fourth-order valence-corrected chi connectivity index (χ4v) is 2.22. The smallest absolute Gasteiger partial charge is 0.0158 e. The van der Waals surface area contributed by atoms with E-state index in [1.807, 2.05) is 12.2 Å². The van der Waals surface area contributed by atoms with Crippen LogP contribution in [0.2, 0.25) is 0 Å². The van der Waals surface area contributed by atoms with E-state index in [2.05, 4.69) is 37.4 Å². The molecule has 1 rings (SSSR count). The van der Waals surface area contributed by atoms with Gasteiger partial charge in [0.25, 0.3) is 0 Å². The predicted molar refractivity (Wildman–Crippen MR) is 68.3 cm³/mol. The lowest BCUT2D eigenvalue weighted by Gasteiger charge is -2.01. The summed E-state index contributed by atoms with van der Waals surface area (Å²) in [5, 5.41) is 0. The van der Waals surface area contributed by atoms with Gasteiger partial charge in [0.1, 0.15) is 0 Å². The van der Waals surface area contributed by atoms with Crippen LogP contribution < -0.4 is 0 Å². The third-order valence-corrected chi connectivity index (χ3v) is 3.58. The Bertz CT molecular complexity index is 257. The molecule has 0 aliphatic rings. The van der Waals surface area contributed by atoms with Gasteiger partial charge < -0.3 is 0 Å². The summed E-state index contributed by atoms with van der Waals surface area (Å²) in [6.45, 7) is 7.40. The topological polar surface area (TPSA) is 0 Å². The molecule has 0 heterocycles. The average molecular weight is 222 g/mol. The standard InChI is InChI=1S/C12H14S2/c1-3-9-13-11-5-7-12(8-6-11)14-10-4-2/h3-8H,1-2,9-10H2. The van der Waals surface area contributed by atoms with E-state index in [0.29, 0.717) is 0 Å². The molecule has 0 bridgehead atoms. The van der Waals surface area contributed by atoms with Gasteiger partial charge in [-0.15, -0.1) is 36.7 Å². The van der Waals surface area contributed by atoms with Crippen LogP contribution in [0.1, 0.15) is 0 Å². The molecule has 0 radical (unpaired) electrons. The zero-order chi connectivity index (χ0) is 10.2. The maximum Gasteiger partial charge on any atom is 0.0158 e. The first-order valence-corrected chi connectivity index (χ1v) is 6.41. The van der Waals surface area contributed by atoms with Gasteiger partial charge in [0.05, 0.1) is 0 Å². The van der Waals surface area contributed by atoms with Crippen LogP contribution in [0.25, 0.3) is 0 Å². The van der Waals surface area contributed by atoms with Crippen LogP contribution in [0.3, 0.4) is 0 Å². The lowest BCUT2D eigenvalue weighted by Crippen LogP contribution is -1.76. The van der Waals surface area contributed by atoms with E-state index >= 15 is 0 Å². The van der Waals surface area contributed by atoms with Gasteiger partial charge in [-0.3, -0.25) is 0 Å². The van der Waals surface area contributed by atoms with Crippen LogP contribution in [0, 0.1) is 0 Å². The maximum absolute atomic E-state index is 3.70. The van der Waals surface area contributed by atoms with Gasteiger partial charge in [-0.1, -0.05) is 12.2 Å². The molecule has 0 aromatic heterocycles. The van der Waals surface area contributed by atoms with Gasteiger partial charge in [0.15, 0.2) is 0 Å². The number of benzene rings is 1. The first-order valence-electron chi connectivity index (χ1n) is 4.44. The lowest BCUT2D eigenvalue weighted by atomic mass is 10.4. The zero-order valence-electron chi connectivity index (χ0n) is 8.11. The first-order chi connectivity index (χ1) is 6.86. The second-order valence-electron chi connectivity index (χ2n) is 2.67. The van der Waals surface area contributed by atoms with Crippen LogP contribution in [-0.2, 0) is 0 Å². The molecule has 0 saturated carbocycles. The molecule has 2 heteroatoms. The largest absolute Gasteiger partial charge is 0.122 e.